The minimum absolute atomic E-state index is 0.521. The fourth-order valence-electron chi connectivity index (χ4n) is 3.31. The van der Waals surface area contributed by atoms with Gasteiger partial charge in [-0.05, 0) is 50.0 Å². The van der Waals surface area contributed by atoms with E-state index in [0.717, 1.165) is 23.9 Å². The monoisotopic (exact) mass is 294 g/mol. The molecular formula is C17H27ClN2. The Morgan fingerprint density at radius 1 is 1.20 bits per heavy atom. The molecule has 0 bridgehead atoms. The van der Waals surface area contributed by atoms with Gasteiger partial charge in [0.25, 0.3) is 0 Å². The van der Waals surface area contributed by atoms with Crippen molar-refractivity contribution in [2.24, 2.45) is 11.8 Å². The number of hydrogen-bond donors (Lipinski definition) is 0. The van der Waals surface area contributed by atoms with Crippen LogP contribution in [0.1, 0.15) is 76.7 Å². The Kier molecular flexibility index (Phi) is 5.83. The van der Waals surface area contributed by atoms with Crippen LogP contribution in [0.25, 0.3) is 0 Å². The Balaban J connectivity index is 2.03. The van der Waals surface area contributed by atoms with E-state index in [1.165, 1.54) is 38.5 Å². The quantitative estimate of drug-likeness (QED) is 0.679. The Labute approximate surface area is 128 Å². The molecule has 0 amide bonds. The second kappa shape index (κ2) is 7.40. The molecule has 3 heteroatoms. The lowest BCUT2D eigenvalue weighted by molar-refractivity contribution is 0.302. The van der Waals surface area contributed by atoms with E-state index in [-0.39, 0.29) is 0 Å². The lowest BCUT2D eigenvalue weighted by Gasteiger charge is -2.27. The fraction of sp³-hybridized carbons (Fsp3) is 0.765. The molecule has 2 nitrogen and oxygen atoms in total. The zero-order valence-corrected chi connectivity index (χ0v) is 13.8. The van der Waals surface area contributed by atoms with Gasteiger partial charge in [-0.3, -0.25) is 0 Å². The molecule has 1 aliphatic carbocycles. The first-order chi connectivity index (χ1) is 9.58. The van der Waals surface area contributed by atoms with Gasteiger partial charge in [-0.2, -0.15) is 0 Å². The summed E-state index contributed by atoms with van der Waals surface area (Å²) in [5.74, 6) is 3.04. The van der Waals surface area contributed by atoms with Crippen molar-refractivity contribution in [1.82, 2.24) is 9.97 Å². The van der Waals surface area contributed by atoms with E-state index in [9.17, 15) is 0 Å². The first kappa shape index (κ1) is 15.8. The highest BCUT2D eigenvalue weighted by molar-refractivity contribution is 6.29. The van der Waals surface area contributed by atoms with Gasteiger partial charge < -0.3 is 0 Å². The third-order valence-corrected chi connectivity index (χ3v) is 4.49. The third-order valence-electron chi connectivity index (χ3n) is 4.29. The second-order valence-electron chi connectivity index (χ2n) is 6.64. The van der Waals surface area contributed by atoms with Crippen molar-refractivity contribution in [2.75, 3.05) is 0 Å². The van der Waals surface area contributed by atoms with Gasteiger partial charge in [-0.15, -0.1) is 0 Å². The van der Waals surface area contributed by atoms with E-state index in [1.54, 1.807) is 0 Å². The molecule has 1 saturated carbocycles. The number of rotatable bonds is 5. The highest BCUT2D eigenvalue weighted by atomic mass is 35.5. The minimum atomic E-state index is 0.521. The van der Waals surface area contributed by atoms with Crippen LogP contribution in [0.5, 0.6) is 0 Å². The van der Waals surface area contributed by atoms with Crippen LogP contribution in [0.3, 0.4) is 0 Å². The summed E-state index contributed by atoms with van der Waals surface area (Å²) in [7, 11) is 0. The van der Waals surface area contributed by atoms with Crippen LogP contribution >= 0.6 is 11.6 Å². The molecule has 0 unspecified atom stereocenters. The van der Waals surface area contributed by atoms with Crippen LogP contribution < -0.4 is 0 Å². The smallest absolute Gasteiger partial charge is 0.133 e. The van der Waals surface area contributed by atoms with Gasteiger partial charge in [0.2, 0.25) is 0 Å². The molecule has 2 rings (SSSR count). The number of nitrogens with zero attached hydrogens (tertiary/aromatic N) is 2. The maximum Gasteiger partial charge on any atom is 0.133 e. The van der Waals surface area contributed by atoms with Crippen LogP contribution in [0.2, 0.25) is 5.15 Å². The Bertz CT molecular complexity index is 423. The lowest BCUT2D eigenvalue weighted by Crippen LogP contribution is -2.16. The van der Waals surface area contributed by atoms with Crippen molar-refractivity contribution in [3.05, 3.63) is 22.7 Å². The maximum absolute atomic E-state index is 6.18. The molecule has 0 radical (unpaired) electrons. The van der Waals surface area contributed by atoms with Gasteiger partial charge in [0.15, 0.2) is 0 Å². The zero-order chi connectivity index (χ0) is 14.5. The Morgan fingerprint density at radius 2 is 1.90 bits per heavy atom. The van der Waals surface area contributed by atoms with Crippen molar-refractivity contribution >= 4 is 11.6 Å². The van der Waals surface area contributed by atoms with Gasteiger partial charge in [-0.25, -0.2) is 9.97 Å². The molecule has 1 aromatic heterocycles. The molecule has 1 heterocycles. The molecule has 112 valence electrons. The minimum Gasteiger partial charge on any atom is -0.238 e. The van der Waals surface area contributed by atoms with Crippen LogP contribution in [-0.4, -0.2) is 9.97 Å². The number of hydrogen-bond acceptors (Lipinski definition) is 2. The van der Waals surface area contributed by atoms with Gasteiger partial charge in [0.05, 0.1) is 0 Å². The van der Waals surface area contributed by atoms with E-state index in [0.29, 0.717) is 17.0 Å². The molecule has 1 fully saturated rings. The standard InChI is InChI=1S/C17H27ClN2/c1-4-5-13-6-8-14(9-7-13)17-19-15(10-12(2)3)11-16(18)20-17/h11-14H,4-10H2,1-3H3. The van der Waals surface area contributed by atoms with Crippen molar-refractivity contribution in [3.8, 4) is 0 Å². The molecule has 0 atom stereocenters. The van der Waals surface area contributed by atoms with E-state index >= 15 is 0 Å². The molecule has 0 saturated heterocycles. The summed E-state index contributed by atoms with van der Waals surface area (Å²) in [5.41, 5.74) is 1.10. The highest BCUT2D eigenvalue weighted by Crippen LogP contribution is 2.36. The van der Waals surface area contributed by atoms with Crippen molar-refractivity contribution < 1.29 is 0 Å². The average Bonchev–Trinajstić information content (AvgIpc) is 2.38. The number of aromatic nitrogens is 2. The first-order valence-electron chi connectivity index (χ1n) is 8.11. The maximum atomic E-state index is 6.18. The molecule has 0 aromatic carbocycles. The molecule has 0 N–H and O–H groups in total. The second-order valence-corrected chi connectivity index (χ2v) is 7.03. The van der Waals surface area contributed by atoms with Crippen molar-refractivity contribution in [3.63, 3.8) is 0 Å². The molecular weight excluding hydrogens is 268 g/mol. The van der Waals surface area contributed by atoms with E-state index in [1.807, 2.05) is 6.07 Å². The zero-order valence-electron chi connectivity index (χ0n) is 13.0. The van der Waals surface area contributed by atoms with Gasteiger partial charge in [0, 0.05) is 11.6 Å². The molecule has 1 aliphatic rings. The van der Waals surface area contributed by atoms with Crippen molar-refractivity contribution in [2.45, 2.75) is 71.6 Å². The largest absolute Gasteiger partial charge is 0.238 e. The van der Waals surface area contributed by atoms with Crippen LogP contribution in [-0.2, 0) is 6.42 Å². The SMILES string of the molecule is CCCC1CCC(c2nc(Cl)cc(CC(C)C)n2)CC1. The third kappa shape index (κ3) is 4.44. The summed E-state index contributed by atoms with van der Waals surface area (Å²) in [6, 6.07) is 1.92. The van der Waals surface area contributed by atoms with Gasteiger partial charge in [-0.1, -0.05) is 45.2 Å². The summed E-state index contributed by atoms with van der Waals surface area (Å²) >= 11 is 6.18. The van der Waals surface area contributed by atoms with E-state index in [2.05, 4.69) is 25.8 Å². The van der Waals surface area contributed by atoms with Gasteiger partial charge in [0.1, 0.15) is 11.0 Å². The summed E-state index contributed by atoms with van der Waals surface area (Å²) in [5, 5.41) is 0.612. The number of halogens is 1. The van der Waals surface area contributed by atoms with Crippen LogP contribution in [0.15, 0.2) is 6.07 Å². The lowest BCUT2D eigenvalue weighted by atomic mass is 9.80. The molecule has 0 spiro atoms. The molecule has 1 aromatic rings. The molecule has 0 aliphatic heterocycles. The summed E-state index contributed by atoms with van der Waals surface area (Å²) in [6.45, 7) is 6.71. The topological polar surface area (TPSA) is 25.8 Å². The van der Waals surface area contributed by atoms with Crippen molar-refractivity contribution in [1.29, 1.82) is 0 Å². The summed E-state index contributed by atoms with van der Waals surface area (Å²) in [6.07, 6.45) is 8.78. The fourth-order valence-corrected chi connectivity index (χ4v) is 3.52. The first-order valence-corrected chi connectivity index (χ1v) is 8.49. The normalized spacial score (nSPS) is 23.2. The predicted molar refractivity (Wildman–Crippen MR) is 85.2 cm³/mol. The Hall–Kier alpha value is -0.630. The molecule has 20 heavy (non-hydrogen) atoms. The highest BCUT2D eigenvalue weighted by Gasteiger charge is 2.24. The summed E-state index contributed by atoms with van der Waals surface area (Å²) in [4.78, 5) is 9.26. The van der Waals surface area contributed by atoms with Crippen LogP contribution in [0, 0.1) is 11.8 Å². The average molecular weight is 295 g/mol. The predicted octanol–water partition coefficient (Wildman–Crippen LogP) is 5.40. The summed E-state index contributed by atoms with van der Waals surface area (Å²) < 4.78 is 0. The van der Waals surface area contributed by atoms with Gasteiger partial charge >= 0.3 is 0 Å². The Morgan fingerprint density at radius 3 is 2.50 bits per heavy atom. The van der Waals surface area contributed by atoms with Crippen LogP contribution in [0.4, 0.5) is 0 Å². The van der Waals surface area contributed by atoms with E-state index < -0.39 is 0 Å². The van der Waals surface area contributed by atoms with E-state index in [4.69, 9.17) is 16.6 Å².